The highest BCUT2D eigenvalue weighted by molar-refractivity contribution is 7.33. The summed E-state index contributed by atoms with van der Waals surface area (Å²) in [5.74, 6) is 0. The second-order valence-corrected chi connectivity index (χ2v) is 2.67. The molecule has 0 amide bonds. The van der Waals surface area contributed by atoms with Crippen LogP contribution in [0.25, 0.3) is 0 Å². The van der Waals surface area contributed by atoms with Crippen LogP contribution < -0.4 is 0 Å². The maximum Gasteiger partial charge on any atom is 0.300 e. The predicted molar refractivity (Wildman–Crippen MR) is 28.1 cm³/mol. The molecule has 0 fully saturated rings. The maximum atomic E-state index is 12.0. The summed E-state index contributed by atoms with van der Waals surface area (Å²) in [6.45, 7) is 0. The first-order valence-electron chi connectivity index (χ1n) is 2.16. The summed E-state index contributed by atoms with van der Waals surface area (Å²) in [5, 5.41) is 0. The number of hydrogen-bond acceptors (Lipinski definition) is 1. The Hall–Kier alpha value is -0.170. The molecular formula is C4H5F2OP. The molecule has 0 aliphatic carbocycles. The molecular weight excluding hydrogens is 133 g/mol. The van der Waals surface area contributed by atoms with Gasteiger partial charge in [-0.3, -0.25) is 0 Å². The van der Waals surface area contributed by atoms with Crippen LogP contribution in [-0.2, 0) is 4.52 Å². The number of alkyl halides is 2. The molecule has 4 heteroatoms. The minimum Gasteiger partial charge on any atom is -0.479 e. The summed E-state index contributed by atoms with van der Waals surface area (Å²) in [7, 11) is -0.692. The molecule has 1 aliphatic rings. The van der Waals surface area contributed by atoms with Gasteiger partial charge in [-0.1, -0.05) is 0 Å². The molecule has 1 unspecified atom stereocenters. The molecule has 0 spiro atoms. The minimum absolute atomic E-state index is 0.175. The summed E-state index contributed by atoms with van der Waals surface area (Å²) in [4.78, 5) is 0. The molecule has 1 nitrogen and oxygen atoms in total. The van der Waals surface area contributed by atoms with Crippen LogP contribution in [0.15, 0.2) is 12.3 Å². The molecule has 8 heavy (non-hydrogen) atoms. The lowest BCUT2D eigenvalue weighted by Gasteiger charge is -2.15. The van der Waals surface area contributed by atoms with E-state index >= 15 is 0 Å². The fourth-order valence-corrected chi connectivity index (χ4v) is 0.944. The van der Waals surface area contributed by atoms with Crippen LogP contribution in [0.3, 0.4) is 0 Å². The first-order chi connectivity index (χ1) is 3.71. The van der Waals surface area contributed by atoms with Gasteiger partial charge in [-0.05, 0) is 6.08 Å². The van der Waals surface area contributed by atoms with Gasteiger partial charge in [0.15, 0.2) is 0 Å². The predicted octanol–water partition coefficient (Wildman–Crippen LogP) is 2.11. The van der Waals surface area contributed by atoms with Gasteiger partial charge in [0.25, 0.3) is 0 Å². The van der Waals surface area contributed by atoms with E-state index in [-0.39, 0.29) is 6.42 Å². The van der Waals surface area contributed by atoms with Crippen LogP contribution in [0.4, 0.5) is 8.78 Å². The number of halogens is 2. The lowest BCUT2D eigenvalue weighted by atomic mass is 10.4. The summed E-state index contributed by atoms with van der Waals surface area (Å²) < 4.78 is 28.5. The summed E-state index contributed by atoms with van der Waals surface area (Å²) in [5.41, 5.74) is -2.60. The van der Waals surface area contributed by atoms with Crippen molar-refractivity contribution in [3.63, 3.8) is 0 Å². The normalized spacial score (nSPS) is 27.8. The van der Waals surface area contributed by atoms with Crippen molar-refractivity contribution < 1.29 is 13.3 Å². The van der Waals surface area contributed by atoms with Crippen molar-refractivity contribution in [3.05, 3.63) is 12.3 Å². The highest BCUT2D eigenvalue weighted by Gasteiger charge is 2.30. The van der Waals surface area contributed by atoms with Crippen LogP contribution in [0.1, 0.15) is 6.42 Å². The largest absolute Gasteiger partial charge is 0.479 e. The van der Waals surface area contributed by atoms with Crippen LogP contribution >= 0.6 is 8.81 Å². The Bertz CT molecular complexity index is 113. The quantitative estimate of drug-likeness (QED) is 0.466. The number of allylic oxidation sites excluding steroid dienone is 1. The zero-order chi connectivity index (χ0) is 6.04. The average Bonchev–Trinajstić information content (AvgIpc) is 1.65. The van der Waals surface area contributed by atoms with Gasteiger partial charge < -0.3 is 4.52 Å². The van der Waals surface area contributed by atoms with Gasteiger partial charge in [0.1, 0.15) is 8.81 Å². The number of hydrogen-bond donors (Lipinski definition) is 0. The molecule has 0 radical (unpaired) electrons. The monoisotopic (exact) mass is 138 g/mol. The van der Waals surface area contributed by atoms with Crippen molar-refractivity contribution in [1.82, 2.24) is 0 Å². The molecule has 1 rings (SSSR count). The molecule has 0 saturated carbocycles. The Morgan fingerprint density at radius 1 is 1.62 bits per heavy atom. The van der Waals surface area contributed by atoms with E-state index in [0.717, 1.165) is 0 Å². The van der Waals surface area contributed by atoms with E-state index in [0.29, 0.717) is 0 Å². The average molecular weight is 138 g/mol. The Kier molecular flexibility index (Phi) is 1.47. The minimum atomic E-state index is -2.60. The standard InChI is InChI=1S/C4H5F2OP/c5-4(6)2-1-3-7-8-4/h1,3,8H,2H2. The molecule has 0 aromatic carbocycles. The van der Waals surface area contributed by atoms with Crippen molar-refractivity contribution in [3.8, 4) is 0 Å². The van der Waals surface area contributed by atoms with Gasteiger partial charge in [-0.2, -0.15) is 8.78 Å². The first kappa shape index (κ1) is 5.96. The van der Waals surface area contributed by atoms with Crippen molar-refractivity contribution >= 4 is 8.81 Å². The zero-order valence-electron chi connectivity index (χ0n) is 4.03. The summed E-state index contributed by atoms with van der Waals surface area (Å²) in [6, 6.07) is 0. The lowest BCUT2D eigenvalue weighted by Crippen LogP contribution is -2.08. The molecule has 1 heterocycles. The van der Waals surface area contributed by atoms with Crippen LogP contribution in [0.5, 0.6) is 0 Å². The van der Waals surface area contributed by atoms with Gasteiger partial charge in [0.2, 0.25) is 0 Å². The van der Waals surface area contributed by atoms with E-state index in [4.69, 9.17) is 0 Å². The van der Waals surface area contributed by atoms with E-state index < -0.39 is 14.5 Å². The highest BCUT2D eigenvalue weighted by atomic mass is 31.1. The summed E-state index contributed by atoms with van der Waals surface area (Å²) >= 11 is 0. The third-order valence-corrected chi connectivity index (χ3v) is 1.50. The summed E-state index contributed by atoms with van der Waals surface area (Å²) in [6.07, 6.45) is 2.47. The second-order valence-electron chi connectivity index (χ2n) is 1.50. The van der Waals surface area contributed by atoms with E-state index in [9.17, 15) is 8.78 Å². The van der Waals surface area contributed by atoms with Gasteiger partial charge in [-0.25, -0.2) is 0 Å². The molecule has 1 atom stereocenters. The third-order valence-electron chi connectivity index (χ3n) is 0.747. The van der Waals surface area contributed by atoms with E-state index in [1.165, 1.54) is 12.3 Å². The van der Waals surface area contributed by atoms with Crippen molar-refractivity contribution in [2.24, 2.45) is 0 Å². The van der Waals surface area contributed by atoms with Crippen LogP contribution in [0, 0.1) is 0 Å². The molecule has 0 bridgehead atoms. The fourth-order valence-electron chi connectivity index (χ4n) is 0.406. The molecule has 0 aromatic rings. The Balaban J connectivity index is 2.50. The molecule has 46 valence electrons. The van der Waals surface area contributed by atoms with Crippen LogP contribution in [-0.4, -0.2) is 5.66 Å². The third kappa shape index (κ3) is 1.41. The first-order valence-corrected chi connectivity index (χ1v) is 3.07. The highest BCUT2D eigenvalue weighted by Crippen LogP contribution is 2.41. The van der Waals surface area contributed by atoms with Gasteiger partial charge in [0, 0.05) is 6.42 Å². The Labute approximate surface area is 47.6 Å². The fraction of sp³-hybridized carbons (Fsp3) is 0.500. The van der Waals surface area contributed by atoms with E-state index in [2.05, 4.69) is 4.52 Å². The zero-order valence-corrected chi connectivity index (χ0v) is 5.03. The van der Waals surface area contributed by atoms with Crippen molar-refractivity contribution in [2.75, 3.05) is 0 Å². The maximum absolute atomic E-state index is 12.0. The molecule has 0 N–H and O–H groups in total. The lowest BCUT2D eigenvalue weighted by molar-refractivity contribution is 0.0906. The van der Waals surface area contributed by atoms with E-state index in [1.807, 2.05) is 0 Å². The van der Waals surface area contributed by atoms with Gasteiger partial charge in [0.05, 0.1) is 6.26 Å². The van der Waals surface area contributed by atoms with E-state index in [1.54, 1.807) is 0 Å². The topological polar surface area (TPSA) is 9.23 Å². The molecule has 0 saturated heterocycles. The van der Waals surface area contributed by atoms with Crippen LogP contribution in [0.2, 0.25) is 0 Å². The molecule has 0 aromatic heterocycles. The Morgan fingerprint density at radius 3 is 2.62 bits per heavy atom. The SMILES string of the molecule is FC1(F)CC=COP1. The smallest absolute Gasteiger partial charge is 0.300 e. The van der Waals surface area contributed by atoms with Crippen molar-refractivity contribution in [2.45, 2.75) is 12.1 Å². The Morgan fingerprint density at radius 2 is 2.38 bits per heavy atom. The van der Waals surface area contributed by atoms with Gasteiger partial charge in [-0.15, -0.1) is 0 Å². The second kappa shape index (κ2) is 1.98. The van der Waals surface area contributed by atoms with Crippen molar-refractivity contribution in [1.29, 1.82) is 0 Å². The van der Waals surface area contributed by atoms with Gasteiger partial charge >= 0.3 is 5.66 Å². The number of rotatable bonds is 0. The molecule has 1 aliphatic heterocycles.